The number of carbonyl (C=O) groups is 1. The summed E-state index contributed by atoms with van der Waals surface area (Å²) in [5.41, 5.74) is 1.06. The van der Waals surface area contributed by atoms with E-state index in [-0.39, 0.29) is 6.04 Å². The van der Waals surface area contributed by atoms with Gasteiger partial charge in [-0.25, -0.2) is 0 Å². The van der Waals surface area contributed by atoms with Crippen molar-refractivity contribution in [3.05, 3.63) is 34.3 Å². The van der Waals surface area contributed by atoms with Gasteiger partial charge >= 0.3 is 0 Å². The fraction of sp³-hybridized carbons (Fsp3) is 0.364. The molecule has 1 aromatic rings. The largest absolute Gasteiger partial charge is 0.304 e. The lowest BCUT2D eigenvalue weighted by Crippen LogP contribution is -2.34. The summed E-state index contributed by atoms with van der Waals surface area (Å²) in [6, 6.07) is 7.83. The van der Waals surface area contributed by atoms with E-state index in [4.69, 9.17) is 0 Å². The molecule has 1 aliphatic heterocycles. The molecule has 2 rings (SSSR count). The SMILES string of the molecule is O=C1CCCNC1c1cccc(Br)c1. The Hall–Kier alpha value is -0.670. The molecule has 0 bridgehead atoms. The minimum atomic E-state index is -0.0961. The summed E-state index contributed by atoms with van der Waals surface area (Å²) in [5.74, 6) is 0.300. The van der Waals surface area contributed by atoms with Crippen LogP contribution in [0.5, 0.6) is 0 Å². The van der Waals surface area contributed by atoms with Crippen molar-refractivity contribution in [2.45, 2.75) is 18.9 Å². The molecule has 74 valence electrons. The van der Waals surface area contributed by atoms with Crippen molar-refractivity contribution in [1.29, 1.82) is 0 Å². The molecule has 0 aliphatic carbocycles. The Morgan fingerprint density at radius 2 is 2.29 bits per heavy atom. The topological polar surface area (TPSA) is 29.1 Å². The number of ketones is 1. The van der Waals surface area contributed by atoms with Crippen molar-refractivity contribution < 1.29 is 4.79 Å². The summed E-state index contributed by atoms with van der Waals surface area (Å²) < 4.78 is 1.02. The van der Waals surface area contributed by atoms with Gasteiger partial charge in [-0.05, 0) is 30.7 Å². The van der Waals surface area contributed by atoms with Crippen LogP contribution in [-0.4, -0.2) is 12.3 Å². The van der Waals surface area contributed by atoms with E-state index >= 15 is 0 Å². The maximum Gasteiger partial charge on any atom is 0.154 e. The van der Waals surface area contributed by atoms with Gasteiger partial charge in [0, 0.05) is 10.9 Å². The number of halogens is 1. The van der Waals surface area contributed by atoms with Crippen LogP contribution in [0.2, 0.25) is 0 Å². The van der Waals surface area contributed by atoms with Crippen LogP contribution in [0.15, 0.2) is 28.7 Å². The fourth-order valence-electron chi connectivity index (χ4n) is 1.76. The van der Waals surface area contributed by atoms with Crippen LogP contribution < -0.4 is 5.32 Å². The molecule has 3 heteroatoms. The normalized spacial score (nSPS) is 22.4. The molecule has 0 spiro atoms. The number of nitrogens with one attached hydrogen (secondary N) is 1. The molecule has 0 aromatic heterocycles. The molecule has 1 unspecified atom stereocenters. The molecule has 0 saturated carbocycles. The van der Waals surface area contributed by atoms with Gasteiger partial charge in [0.15, 0.2) is 5.78 Å². The zero-order valence-corrected chi connectivity index (χ0v) is 9.38. The van der Waals surface area contributed by atoms with Gasteiger partial charge in [-0.1, -0.05) is 28.1 Å². The maximum atomic E-state index is 11.6. The molecule has 0 radical (unpaired) electrons. The zero-order valence-electron chi connectivity index (χ0n) is 7.79. The van der Waals surface area contributed by atoms with E-state index in [0.29, 0.717) is 12.2 Å². The molecular weight excluding hydrogens is 242 g/mol. The summed E-state index contributed by atoms with van der Waals surface area (Å²) in [7, 11) is 0. The molecule has 1 N–H and O–H groups in total. The smallest absolute Gasteiger partial charge is 0.154 e. The van der Waals surface area contributed by atoms with Crippen LogP contribution >= 0.6 is 15.9 Å². The Labute approximate surface area is 91.8 Å². The number of Topliss-reactive ketones (excluding diaryl/α,β-unsaturated/α-hetero) is 1. The van der Waals surface area contributed by atoms with Gasteiger partial charge in [-0.15, -0.1) is 0 Å². The summed E-state index contributed by atoms with van der Waals surface area (Å²) in [5, 5.41) is 3.24. The van der Waals surface area contributed by atoms with Gasteiger partial charge in [0.1, 0.15) is 0 Å². The Morgan fingerprint density at radius 1 is 1.43 bits per heavy atom. The first-order chi connectivity index (χ1) is 6.77. The number of hydrogen-bond donors (Lipinski definition) is 1. The number of piperidine rings is 1. The average molecular weight is 254 g/mol. The molecule has 0 amide bonds. The van der Waals surface area contributed by atoms with E-state index in [1.165, 1.54) is 0 Å². The van der Waals surface area contributed by atoms with E-state index in [1.807, 2.05) is 24.3 Å². The molecular formula is C11H12BrNO. The van der Waals surface area contributed by atoms with Crippen molar-refractivity contribution in [3.8, 4) is 0 Å². The van der Waals surface area contributed by atoms with Crippen molar-refractivity contribution in [3.63, 3.8) is 0 Å². The number of benzene rings is 1. The van der Waals surface area contributed by atoms with Crippen LogP contribution in [0.4, 0.5) is 0 Å². The number of rotatable bonds is 1. The van der Waals surface area contributed by atoms with E-state index in [9.17, 15) is 4.79 Å². The van der Waals surface area contributed by atoms with Gasteiger partial charge < -0.3 is 5.32 Å². The number of hydrogen-bond acceptors (Lipinski definition) is 2. The fourth-order valence-corrected chi connectivity index (χ4v) is 2.17. The van der Waals surface area contributed by atoms with Crippen LogP contribution in [0.3, 0.4) is 0 Å². The van der Waals surface area contributed by atoms with E-state index in [1.54, 1.807) is 0 Å². The zero-order chi connectivity index (χ0) is 9.97. The molecule has 1 aromatic carbocycles. The molecule has 2 nitrogen and oxygen atoms in total. The first-order valence-electron chi connectivity index (χ1n) is 4.79. The van der Waals surface area contributed by atoms with E-state index < -0.39 is 0 Å². The Balaban J connectivity index is 2.24. The number of carbonyl (C=O) groups excluding carboxylic acids is 1. The first-order valence-corrected chi connectivity index (χ1v) is 5.58. The Bertz CT molecular complexity index is 351. The molecule has 1 heterocycles. The standard InChI is InChI=1S/C11H12BrNO/c12-9-4-1-3-8(7-9)11-10(14)5-2-6-13-11/h1,3-4,7,11,13H,2,5-6H2. The summed E-state index contributed by atoms with van der Waals surface area (Å²) in [6.45, 7) is 0.933. The van der Waals surface area contributed by atoms with Gasteiger partial charge in [0.05, 0.1) is 6.04 Å². The maximum absolute atomic E-state index is 11.6. The third-order valence-corrected chi connectivity index (χ3v) is 2.95. The van der Waals surface area contributed by atoms with Crippen LogP contribution in [0.1, 0.15) is 24.4 Å². The van der Waals surface area contributed by atoms with Gasteiger partial charge in [0.2, 0.25) is 0 Å². The first kappa shape index (κ1) is 9.87. The van der Waals surface area contributed by atoms with Gasteiger partial charge in [-0.2, -0.15) is 0 Å². The van der Waals surface area contributed by atoms with Crippen LogP contribution in [-0.2, 0) is 4.79 Å². The highest BCUT2D eigenvalue weighted by Crippen LogP contribution is 2.22. The highest BCUT2D eigenvalue weighted by molar-refractivity contribution is 9.10. The van der Waals surface area contributed by atoms with Crippen molar-refractivity contribution in [2.75, 3.05) is 6.54 Å². The third kappa shape index (κ3) is 2.04. The second kappa shape index (κ2) is 4.24. The molecule has 1 atom stereocenters. The van der Waals surface area contributed by atoms with Crippen molar-refractivity contribution >= 4 is 21.7 Å². The quantitative estimate of drug-likeness (QED) is 0.834. The second-order valence-corrected chi connectivity index (χ2v) is 4.43. The Morgan fingerprint density at radius 3 is 3.00 bits per heavy atom. The molecule has 1 fully saturated rings. The van der Waals surface area contributed by atoms with Gasteiger partial charge in [-0.3, -0.25) is 4.79 Å². The molecule has 1 aliphatic rings. The average Bonchev–Trinajstić information content (AvgIpc) is 2.18. The highest BCUT2D eigenvalue weighted by Gasteiger charge is 2.22. The molecule has 1 saturated heterocycles. The lowest BCUT2D eigenvalue weighted by atomic mass is 9.96. The summed E-state index contributed by atoms with van der Waals surface area (Å²) in [6.07, 6.45) is 1.66. The van der Waals surface area contributed by atoms with E-state index in [0.717, 1.165) is 23.0 Å². The van der Waals surface area contributed by atoms with Crippen LogP contribution in [0, 0.1) is 0 Å². The second-order valence-electron chi connectivity index (χ2n) is 3.51. The van der Waals surface area contributed by atoms with Crippen LogP contribution in [0.25, 0.3) is 0 Å². The summed E-state index contributed by atoms with van der Waals surface area (Å²) in [4.78, 5) is 11.6. The lowest BCUT2D eigenvalue weighted by molar-refractivity contribution is -0.122. The highest BCUT2D eigenvalue weighted by atomic mass is 79.9. The van der Waals surface area contributed by atoms with Gasteiger partial charge in [0.25, 0.3) is 0 Å². The molecule has 14 heavy (non-hydrogen) atoms. The predicted molar refractivity (Wildman–Crippen MR) is 59.1 cm³/mol. The Kier molecular flexibility index (Phi) is 2.99. The van der Waals surface area contributed by atoms with Crippen molar-refractivity contribution in [1.82, 2.24) is 5.32 Å². The van der Waals surface area contributed by atoms with E-state index in [2.05, 4.69) is 21.2 Å². The monoisotopic (exact) mass is 253 g/mol. The minimum Gasteiger partial charge on any atom is -0.304 e. The third-order valence-electron chi connectivity index (χ3n) is 2.45. The summed E-state index contributed by atoms with van der Waals surface area (Å²) >= 11 is 3.41. The predicted octanol–water partition coefficient (Wildman–Crippen LogP) is 2.44. The lowest BCUT2D eigenvalue weighted by Gasteiger charge is -2.22. The van der Waals surface area contributed by atoms with Crippen molar-refractivity contribution in [2.24, 2.45) is 0 Å². The minimum absolute atomic E-state index is 0.0961.